The molecule has 2 aromatic rings. The number of nitrogens with two attached hydrogens (primary N) is 1. The molecule has 0 bridgehead atoms. The molecule has 0 radical (unpaired) electrons. The maximum absolute atomic E-state index is 14.7. The van der Waals surface area contributed by atoms with E-state index in [1.807, 2.05) is 0 Å². The quantitative estimate of drug-likeness (QED) is 0.759. The molecule has 2 aliphatic heterocycles. The van der Waals surface area contributed by atoms with E-state index in [1.165, 1.54) is 36.2 Å². The minimum atomic E-state index is -0.893. The number of nitrogens with one attached hydrogen (secondary N) is 1. The summed E-state index contributed by atoms with van der Waals surface area (Å²) in [6.45, 7) is 0.710. The number of hydrogen-bond donors (Lipinski definition) is 2. The lowest BCUT2D eigenvalue weighted by Gasteiger charge is -2.34. The third-order valence-corrected chi connectivity index (χ3v) is 6.22. The maximum Gasteiger partial charge on any atom is 0.275 e. The van der Waals surface area contributed by atoms with Gasteiger partial charge in [-0.05, 0) is 24.3 Å². The second-order valence-corrected chi connectivity index (χ2v) is 8.41. The molecule has 3 heterocycles. The average Bonchev–Trinajstić information content (AvgIpc) is 3.07. The Bertz CT molecular complexity index is 990. The lowest BCUT2D eigenvalue weighted by Crippen LogP contribution is -2.40. The average molecular weight is 441 g/mol. The first-order chi connectivity index (χ1) is 13.4. The van der Waals surface area contributed by atoms with Crippen molar-refractivity contribution in [3.8, 4) is 0 Å². The Morgan fingerprint density at radius 3 is 3.00 bits per heavy atom. The maximum atomic E-state index is 14.7. The number of hydrogen-bond acceptors (Lipinski definition) is 6. The fraction of sp³-hybridized carbons (Fsp3) is 0.278. The van der Waals surface area contributed by atoms with Gasteiger partial charge in [0.05, 0.1) is 23.3 Å². The van der Waals surface area contributed by atoms with Crippen molar-refractivity contribution < 1.29 is 13.9 Å². The van der Waals surface area contributed by atoms with Gasteiger partial charge in [-0.3, -0.25) is 4.79 Å². The molecule has 4 rings (SSSR count). The zero-order chi connectivity index (χ0) is 19.9. The number of amidine groups is 1. The lowest BCUT2D eigenvalue weighted by molar-refractivity contribution is 0.102. The monoisotopic (exact) mass is 440 g/mol. The minimum Gasteiger partial charge on any atom is -0.379 e. The number of aromatic nitrogens is 1. The number of amides is 1. The topological polar surface area (TPSA) is 89.6 Å². The van der Waals surface area contributed by atoms with E-state index in [0.29, 0.717) is 33.8 Å². The van der Waals surface area contributed by atoms with Gasteiger partial charge in [-0.25, -0.2) is 14.4 Å². The van der Waals surface area contributed by atoms with Crippen LogP contribution in [0.3, 0.4) is 0 Å². The van der Waals surface area contributed by atoms with E-state index in [2.05, 4.69) is 15.3 Å². The number of aliphatic imine (C=N–C) groups is 1. The number of carbonyl (C=O) groups excluding carboxylic acids is 1. The number of rotatable bonds is 3. The summed E-state index contributed by atoms with van der Waals surface area (Å²) in [5.41, 5.74) is 5.78. The van der Waals surface area contributed by atoms with Crippen LogP contribution >= 0.6 is 35.0 Å². The van der Waals surface area contributed by atoms with Crippen molar-refractivity contribution in [2.24, 2.45) is 16.6 Å². The second kappa shape index (κ2) is 7.51. The van der Waals surface area contributed by atoms with Gasteiger partial charge in [-0.2, -0.15) is 0 Å². The fourth-order valence-corrected chi connectivity index (χ4v) is 4.84. The predicted octanol–water partition coefficient (Wildman–Crippen LogP) is 3.68. The van der Waals surface area contributed by atoms with E-state index < -0.39 is 17.3 Å². The SMILES string of the molecule is NC1=NC2(c3cc(NC(=O)c4ncc(Cl)cc4Cl)ccc3F)COCC2CS1. The number of fused-ring (bicyclic) bond motifs is 1. The van der Waals surface area contributed by atoms with Crippen LogP contribution in [0.1, 0.15) is 16.1 Å². The van der Waals surface area contributed by atoms with Gasteiger partial charge in [0.15, 0.2) is 5.17 Å². The van der Waals surface area contributed by atoms with Gasteiger partial charge in [0.1, 0.15) is 17.1 Å². The number of halogens is 3. The van der Waals surface area contributed by atoms with Crippen LogP contribution in [0.15, 0.2) is 35.5 Å². The second-order valence-electron chi connectivity index (χ2n) is 6.53. The molecule has 2 atom stereocenters. The first-order valence-electron chi connectivity index (χ1n) is 8.37. The molecule has 28 heavy (non-hydrogen) atoms. The van der Waals surface area contributed by atoms with Crippen LogP contribution in [0.25, 0.3) is 0 Å². The molecule has 1 aromatic heterocycles. The number of ether oxygens (including phenoxy) is 1. The van der Waals surface area contributed by atoms with E-state index >= 15 is 0 Å². The fourth-order valence-electron chi connectivity index (χ4n) is 3.40. The largest absolute Gasteiger partial charge is 0.379 e. The standard InChI is InChI=1S/C18H15Cl2FN4O2S/c19-10-3-13(20)15(23-5-10)16(26)24-11-1-2-14(21)12(4-11)18-8-27-6-9(18)7-28-17(22)25-18/h1-5,9H,6-8H2,(H2,22,25)(H,24,26). The van der Waals surface area contributed by atoms with Gasteiger partial charge < -0.3 is 15.8 Å². The van der Waals surface area contributed by atoms with Gasteiger partial charge in [-0.1, -0.05) is 35.0 Å². The summed E-state index contributed by atoms with van der Waals surface area (Å²) in [5, 5.41) is 3.53. The Morgan fingerprint density at radius 2 is 2.21 bits per heavy atom. The Kier molecular flexibility index (Phi) is 5.22. The Morgan fingerprint density at radius 1 is 1.39 bits per heavy atom. The first-order valence-corrected chi connectivity index (χ1v) is 10.1. The molecule has 2 unspecified atom stereocenters. The van der Waals surface area contributed by atoms with Crippen molar-refractivity contribution in [2.45, 2.75) is 5.54 Å². The highest BCUT2D eigenvalue weighted by molar-refractivity contribution is 8.13. The van der Waals surface area contributed by atoms with Crippen LogP contribution in [0.4, 0.5) is 10.1 Å². The number of anilines is 1. The first kappa shape index (κ1) is 19.4. The van der Waals surface area contributed by atoms with E-state index in [0.717, 1.165) is 0 Å². The molecule has 3 N–H and O–H groups in total. The van der Waals surface area contributed by atoms with Crippen molar-refractivity contribution in [1.82, 2.24) is 4.98 Å². The Hall–Kier alpha value is -1.87. The molecule has 0 saturated carbocycles. The van der Waals surface area contributed by atoms with E-state index in [-0.39, 0.29) is 23.2 Å². The zero-order valence-electron chi connectivity index (χ0n) is 14.4. The van der Waals surface area contributed by atoms with E-state index in [1.54, 1.807) is 6.07 Å². The number of benzene rings is 1. The summed E-state index contributed by atoms with van der Waals surface area (Å²) < 4.78 is 20.3. The molecule has 1 saturated heterocycles. The van der Waals surface area contributed by atoms with Crippen molar-refractivity contribution >= 4 is 51.7 Å². The van der Waals surface area contributed by atoms with Gasteiger partial charge in [-0.15, -0.1) is 0 Å². The van der Waals surface area contributed by atoms with Crippen molar-refractivity contribution in [3.05, 3.63) is 57.6 Å². The zero-order valence-corrected chi connectivity index (χ0v) is 16.7. The lowest BCUT2D eigenvalue weighted by atomic mass is 9.81. The molecule has 146 valence electrons. The molecule has 1 aromatic carbocycles. The third kappa shape index (κ3) is 3.45. The Balaban J connectivity index is 1.68. The summed E-state index contributed by atoms with van der Waals surface area (Å²) in [4.78, 5) is 21.0. The Labute approximate surface area is 174 Å². The van der Waals surface area contributed by atoms with E-state index in [9.17, 15) is 9.18 Å². The molecule has 1 fully saturated rings. The van der Waals surface area contributed by atoms with Crippen LogP contribution in [0.5, 0.6) is 0 Å². The molecule has 1 amide bonds. The summed E-state index contributed by atoms with van der Waals surface area (Å²) >= 11 is 13.3. The summed E-state index contributed by atoms with van der Waals surface area (Å²) in [7, 11) is 0. The van der Waals surface area contributed by atoms with Gasteiger partial charge in [0.2, 0.25) is 0 Å². The van der Waals surface area contributed by atoms with E-state index in [4.69, 9.17) is 33.7 Å². The smallest absolute Gasteiger partial charge is 0.275 e. The summed E-state index contributed by atoms with van der Waals surface area (Å²) in [6, 6.07) is 5.75. The van der Waals surface area contributed by atoms with Gasteiger partial charge in [0.25, 0.3) is 5.91 Å². The summed E-state index contributed by atoms with van der Waals surface area (Å²) in [6.07, 6.45) is 1.33. The van der Waals surface area contributed by atoms with Gasteiger partial charge in [0, 0.05) is 29.1 Å². The summed E-state index contributed by atoms with van der Waals surface area (Å²) in [5.74, 6) is -0.272. The van der Waals surface area contributed by atoms with Crippen molar-refractivity contribution in [3.63, 3.8) is 0 Å². The number of pyridine rings is 1. The minimum absolute atomic E-state index is 0.00220. The van der Waals surface area contributed by atoms with Crippen LogP contribution < -0.4 is 11.1 Å². The van der Waals surface area contributed by atoms with Gasteiger partial charge >= 0.3 is 0 Å². The molecular formula is C18H15Cl2FN4O2S. The molecular weight excluding hydrogens is 426 g/mol. The number of nitrogens with zero attached hydrogens (tertiary/aromatic N) is 2. The molecule has 6 nitrogen and oxygen atoms in total. The highest BCUT2D eigenvalue weighted by Gasteiger charge is 2.49. The highest BCUT2D eigenvalue weighted by Crippen LogP contribution is 2.45. The highest BCUT2D eigenvalue weighted by atomic mass is 35.5. The van der Waals surface area contributed by atoms with Crippen LogP contribution in [-0.4, -0.2) is 35.0 Å². The van der Waals surface area contributed by atoms with Crippen LogP contribution in [0.2, 0.25) is 10.0 Å². The normalized spacial score (nSPS) is 23.8. The van der Waals surface area contributed by atoms with Crippen LogP contribution in [-0.2, 0) is 10.3 Å². The molecule has 0 spiro atoms. The van der Waals surface area contributed by atoms with Crippen molar-refractivity contribution in [1.29, 1.82) is 0 Å². The third-order valence-electron chi connectivity index (χ3n) is 4.77. The number of carbonyl (C=O) groups is 1. The van der Waals surface area contributed by atoms with Crippen LogP contribution in [0, 0.1) is 11.7 Å². The molecule has 0 aliphatic carbocycles. The molecule has 10 heteroatoms. The predicted molar refractivity (Wildman–Crippen MR) is 109 cm³/mol. The van der Waals surface area contributed by atoms with Crippen molar-refractivity contribution in [2.75, 3.05) is 24.3 Å². The number of thioether (sulfide) groups is 1. The molecule has 2 aliphatic rings.